The van der Waals surface area contributed by atoms with Gasteiger partial charge in [-0.25, -0.2) is 9.50 Å². The van der Waals surface area contributed by atoms with Gasteiger partial charge in [-0.1, -0.05) is 20.8 Å². The normalized spacial score (nSPS) is 12.7. The van der Waals surface area contributed by atoms with Crippen LogP contribution >= 0.6 is 0 Å². The molecule has 0 aliphatic carbocycles. The molecule has 0 saturated heterocycles. The van der Waals surface area contributed by atoms with Gasteiger partial charge in [-0.15, -0.1) is 0 Å². The molecule has 6 heteroatoms. The van der Waals surface area contributed by atoms with Crippen molar-refractivity contribution in [2.45, 2.75) is 45.6 Å². The van der Waals surface area contributed by atoms with Gasteiger partial charge in [0.2, 0.25) is 5.91 Å². The van der Waals surface area contributed by atoms with Crippen LogP contribution in [0, 0.1) is 0 Å². The molecule has 108 valence electrons. The van der Waals surface area contributed by atoms with Gasteiger partial charge in [0, 0.05) is 17.8 Å². The van der Waals surface area contributed by atoms with E-state index in [0.29, 0.717) is 5.82 Å². The number of amides is 1. The number of anilines is 1. The third-order valence-corrected chi connectivity index (χ3v) is 3.21. The first-order valence-corrected chi connectivity index (χ1v) is 6.54. The quantitative estimate of drug-likeness (QED) is 0.892. The monoisotopic (exact) mass is 275 g/mol. The van der Waals surface area contributed by atoms with Crippen LogP contribution in [-0.2, 0) is 10.2 Å². The van der Waals surface area contributed by atoms with Gasteiger partial charge in [0.1, 0.15) is 11.1 Å². The van der Waals surface area contributed by atoms with Crippen LogP contribution in [0.4, 0.5) is 5.82 Å². The van der Waals surface area contributed by atoms with Crippen LogP contribution < -0.4 is 11.1 Å². The Kier molecular flexibility index (Phi) is 3.20. The van der Waals surface area contributed by atoms with Crippen LogP contribution in [0.15, 0.2) is 18.5 Å². The molecule has 0 unspecified atom stereocenters. The van der Waals surface area contributed by atoms with Gasteiger partial charge >= 0.3 is 0 Å². The summed E-state index contributed by atoms with van der Waals surface area (Å²) in [6.07, 6.45) is 3.43. The summed E-state index contributed by atoms with van der Waals surface area (Å²) < 4.78 is 1.76. The highest BCUT2D eigenvalue weighted by atomic mass is 16.1. The molecule has 0 radical (unpaired) electrons. The number of nitrogens with two attached hydrogens (primary N) is 1. The fourth-order valence-electron chi connectivity index (χ4n) is 1.74. The Morgan fingerprint density at radius 2 is 1.95 bits per heavy atom. The molecule has 0 aliphatic heterocycles. The Morgan fingerprint density at radius 3 is 2.50 bits per heavy atom. The molecule has 6 nitrogen and oxygen atoms in total. The predicted molar refractivity (Wildman–Crippen MR) is 78.6 cm³/mol. The highest BCUT2D eigenvalue weighted by molar-refractivity contribution is 5.88. The molecule has 0 saturated carbocycles. The summed E-state index contributed by atoms with van der Waals surface area (Å²) in [6, 6.07) is 1.98. The van der Waals surface area contributed by atoms with Gasteiger partial charge in [0.15, 0.2) is 5.82 Å². The number of primary amides is 1. The first-order valence-electron chi connectivity index (χ1n) is 6.54. The van der Waals surface area contributed by atoms with Crippen molar-refractivity contribution >= 4 is 17.2 Å². The average Bonchev–Trinajstić information content (AvgIpc) is 2.73. The maximum Gasteiger partial charge on any atom is 0.242 e. The highest BCUT2D eigenvalue weighted by Gasteiger charge is 2.26. The molecule has 2 rings (SSSR count). The summed E-state index contributed by atoms with van der Waals surface area (Å²) in [5.41, 5.74) is 6.25. The zero-order valence-electron chi connectivity index (χ0n) is 12.6. The molecule has 2 aromatic rings. The number of carbonyl (C=O) groups is 1. The van der Waals surface area contributed by atoms with Crippen LogP contribution in [0.1, 0.15) is 40.3 Å². The Bertz CT molecular complexity index is 651. The number of hydrogen-bond acceptors (Lipinski definition) is 4. The molecule has 20 heavy (non-hydrogen) atoms. The standard InChI is InChI=1S/C14H21N5O/c1-13(2,3)10-8-9-11(16-6-7-19(9)18-10)17-14(4,5)12(15)20/h6-8H,1-5H3,(H2,15,20)(H,16,17). The number of rotatable bonds is 3. The van der Waals surface area contributed by atoms with E-state index in [0.717, 1.165) is 11.2 Å². The Morgan fingerprint density at radius 1 is 1.30 bits per heavy atom. The SMILES string of the molecule is CC(C)(Nc1nccn2nc(C(C)(C)C)cc12)C(N)=O. The highest BCUT2D eigenvalue weighted by Crippen LogP contribution is 2.25. The summed E-state index contributed by atoms with van der Waals surface area (Å²) in [6.45, 7) is 9.75. The van der Waals surface area contributed by atoms with Gasteiger partial charge in [-0.3, -0.25) is 4.79 Å². The maximum atomic E-state index is 11.4. The van der Waals surface area contributed by atoms with E-state index < -0.39 is 11.4 Å². The van der Waals surface area contributed by atoms with Gasteiger partial charge in [-0.2, -0.15) is 5.10 Å². The fourth-order valence-corrected chi connectivity index (χ4v) is 1.74. The number of hydrogen-bond donors (Lipinski definition) is 2. The molecule has 2 heterocycles. The van der Waals surface area contributed by atoms with Crippen LogP contribution in [0.2, 0.25) is 0 Å². The number of aromatic nitrogens is 3. The van der Waals surface area contributed by atoms with E-state index in [1.807, 2.05) is 6.07 Å². The summed E-state index contributed by atoms with van der Waals surface area (Å²) in [4.78, 5) is 15.7. The van der Waals surface area contributed by atoms with E-state index >= 15 is 0 Å². The lowest BCUT2D eigenvalue weighted by Gasteiger charge is -2.23. The Labute approximate surface area is 118 Å². The summed E-state index contributed by atoms with van der Waals surface area (Å²) in [7, 11) is 0. The van der Waals surface area contributed by atoms with Crippen molar-refractivity contribution in [1.82, 2.24) is 14.6 Å². The molecule has 0 fully saturated rings. The van der Waals surface area contributed by atoms with Crippen molar-refractivity contribution in [2.75, 3.05) is 5.32 Å². The molecule has 0 aromatic carbocycles. The molecule has 3 N–H and O–H groups in total. The summed E-state index contributed by atoms with van der Waals surface area (Å²) >= 11 is 0. The number of fused-ring (bicyclic) bond motifs is 1. The van der Waals surface area contributed by atoms with Crippen LogP contribution in [0.25, 0.3) is 5.52 Å². The second kappa shape index (κ2) is 4.47. The minimum atomic E-state index is -0.874. The lowest BCUT2D eigenvalue weighted by atomic mass is 9.92. The van der Waals surface area contributed by atoms with Crippen molar-refractivity contribution in [3.63, 3.8) is 0 Å². The van der Waals surface area contributed by atoms with E-state index in [-0.39, 0.29) is 5.41 Å². The molecular formula is C14H21N5O. The molecule has 0 bridgehead atoms. The van der Waals surface area contributed by atoms with Crippen molar-refractivity contribution in [1.29, 1.82) is 0 Å². The fraction of sp³-hybridized carbons (Fsp3) is 0.500. The van der Waals surface area contributed by atoms with Crippen molar-refractivity contribution in [3.8, 4) is 0 Å². The molecule has 2 aromatic heterocycles. The third-order valence-electron chi connectivity index (χ3n) is 3.21. The first kappa shape index (κ1) is 14.3. The maximum absolute atomic E-state index is 11.4. The van der Waals surface area contributed by atoms with Gasteiger partial charge in [0.25, 0.3) is 0 Å². The smallest absolute Gasteiger partial charge is 0.242 e. The summed E-state index contributed by atoms with van der Waals surface area (Å²) in [5.74, 6) is 0.163. The minimum absolute atomic E-state index is 0.0531. The minimum Gasteiger partial charge on any atom is -0.368 e. The largest absolute Gasteiger partial charge is 0.368 e. The van der Waals surface area contributed by atoms with Crippen LogP contribution in [-0.4, -0.2) is 26.0 Å². The zero-order chi connectivity index (χ0) is 15.1. The van der Waals surface area contributed by atoms with Gasteiger partial charge in [-0.05, 0) is 19.9 Å². The Balaban J connectivity index is 2.50. The zero-order valence-corrected chi connectivity index (χ0v) is 12.6. The molecule has 0 atom stereocenters. The molecule has 0 aliphatic rings. The number of carbonyl (C=O) groups excluding carboxylic acids is 1. The van der Waals surface area contributed by atoms with Crippen molar-refractivity contribution < 1.29 is 4.79 Å². The lowest BCUT2D eigenvalue weighted by Crippen LogP contribution is -2.45. The van der Waals surface area contributed by atoms with E-state index in [4.69, 9.17) is 5.73 Å². The van der Waals surface area contributed by atoms with E-state index in [2.05, 4.69) is 36.2 Å². The molecule has 1 amide bonds. The van der Waals surface area contributed by atoms with Crippen molar-refractivity contribution in [2.24, 2.45) is 5.73 Å². The van der Waals surface area contributed by atoms with Crippen LogP contribution in [0.5, 0.6) is 0 Å². The lowest BCUT2D eigenvalue weighted by molar-refractivity contribution is -0.121. The van der Waals surface area contributed by atoms with E-state index in [9.17, 15) is 4.79 Å². The number of nitrogens with one attached hydrogen (secondary N) is 1. The average molecular weight is 275 g/mol. The summed E-state index contributed by atoms with van der Waals surface area (Å²) in [5, 5.41) is 7.62. The molecule has 0 spiro atoms. The second-order valence-corrected chi connectivity index (χ2v) is 6.50. The predicted octanol–water partition coefficient (Wildman–Crippen LogP) is 1.70. The van der Waals surface area contributed by atoms with Crippen molar-refractivity contribution in [3.05, 3.63) is 24.2 Å². The topological polar surface area (TPSA) is 85.3 Å². The molecular weight excluding hydrogens is 254 g/mol. The third kappa shape index (κ3) is 2.59. The van der Waals surface area contributed by atoms with Crippen LogP contribution in [0.3, 0.4) is 0 Å². The van der Waals surface area contributed by atoms with Gasteiger partial charge in [0.05, 0.1) is 5.69 Å². The Hall–Kier alpha value is -2.11. The van der Waals surface area contributed by atoms with Gasteiger partial charge < -0.3 is 11.1 Å². The second-order valence-electron chi connectivity index (χ2n) is 6.50. The first-order chi connectivity index (χ1) is 9.11. The van der Waals surface area contributed by atoms with E-state index in [1.54, 1.807) is 30.8 Å². The number of nitrogens with zero attached hydrogens (tertiary/aromatic N) is 3. The van der Waals surface area contributed by atoms with E-state index in [1.165, 1.54) is 0 Å².